The Morgan fingerprint density at radius 2 is 2.10 bits per heavy atom. The van der Waals surface area contributed by atoms with Crippen molar-refractivity contribution in [3.05, 3.63) is 22.4 Å². The molecule has 0 spiro atoms. The molecule has 3 nitrogen and oxygen atoms in total. The van der Waals surface area contributed by atoms with Gasteiger partial charge in [-0.25, -0.2) is 0 Å². The van der Waals surface area contributed by atoms with Crippen LogP contribution in [0.25, 0.3) is 0 Å². The number of nitrogens with one attached hydrogen (secondary N) is 1. The van der Waals surface area contributed by atoms with E-state index in [1.54, 1.807) is 0 Å². The minimum Gasteiger partial charge on any atom is -0.352 e. The fraction of sp³-hybridized carbons (Fsp3) is 0.688. The third kappa shape index (κ3) is 3.41. The first-order valence-corrected chi connectivity index (χ1v) is 8.78. The fourth-order valence-electron chi connectivity index (χ4n) is 3.52. The number of likely N-dealkylation sites (tertiary alicyclic amines) is 1. The number of rotatable bonds is 4. The Kier molecular flexibility index (Phi) is 4.73. The molecule has 2 aliphatic rings. The summed E-state index contributed by atoms with van der Waals surface area (Å²) in [6.45, 7) is 1.62. The molecule has 1 amide bonds. The SMILES string of the molecule is O=C(CN1CCC[C@@H]1c1cccs1)NC1CCCCC1. The smallest absolute Gasteiger partial charge is 0.234 e. The summed E-state index contributed by atoms with van der Waals surface area (Å²) in [6.07, 6.45) is 8.61. The second-order valence-electron chi connectivity index (χ2n) is 6.05. The van der Waals surface area contributed by atoms with Crippen LogP contribution in [0.15, 0.2) is 17.5 Å². The van der Waals surface area contributed by atoms with Gasteiger partial charge in [-0.3, -0.25) is 9.69 Å². The zero-order chi connectivity index (χ0) is 13.8. The van der Waals surface area contributed by atoms with Crippen molar-refractivity contribution in [1.82, 2.24) is 10.2 Å². The number of thiophene rings is 1. The minimum absolute atomic E-state index is 0.223. The molecule has 1 aliphatic heterocycles. The van der Waals surface area contributed by atoms with Crippen LogP contribution in [0.2, 0.25) is 0 Å². The van der Waals surface area contributed by atoms with E-state index in [4.69, 9.17) is 0 Å². The normalized spacial score (nSPS) is 24.9. The van der Waals surface area contributed by atoms with E-state index >= 15 is 0 Å². The maximum atomic E-state index is 12.2. The van der Waals surface area contributed by atoms with Crippen LogP contribution in [0.1, 0.15) is 55.9 Å². The Morgan fingerprint density at radius 3 is 2.85 bits per heavy atom. The second-order valence-corrected chi connectivity index (χ2v) is 7.03. The third-order valence-electron chi connectivity index (χ3n) is 4.55. The predicted molar refractivity (Wildman–Crippen MR) is 82.9 cm³/mol. The molecule has 1 aromatic rings. The van der Waals surface area contributed by atoms with Crippen molar-refractivity contribution in [1.29, 1.82) is 0 Å². The number of carbonyl (C=O) groups is 1. The van der Waals surface area contributed by atoms with Crippen LogP contribution in [0.4, 0.5) is 0 Å². The van der Waals surface area contributed by atoms with Gasteiger partial charge in [0, 0.05) is 17.0 Å². The van der Waals surface area contributed by atoms with Crippen molar-refractivity contribution in [3.63, 3.8) is 0 Å². The van der Waals surface area contributed by atoms with Crippen molar-refractivity contribution in [2.45, 2.75) is 57.0 Å². The fourth-order valence-corrected chi connectivity index (χ4v) is 4.42. The molecule has 2 fully saturated rings. The maximum absolute atomic E-state index is 12.2. The number of hydrogen-bond acceptors (Lipinski definition) is 3. The molecule has 2 heterocycles. The molecule has 20 heavy (non-hydrogen) atoms. The average molecular weight is 292 g/mol. The Hall–Kier alpha value is -0.870. The summed E-state index contributed by atoms with van der Waals surface area (Å²) < 4.78 is 0. The Labute approximate surface area is 125 Å². The number of nitrogens with zero attached hydrogens (tertiary/aromatic N) is 1. The standard InChI is InChI=1S/C16H24N2OS/c19-16(17-13-6-2-1-3-7-13)12-18-10-4-8-14(18)15-9-5-11-20-15/h5,9,11,13-14H,1-4,6-8,10,12H2,(H,17,19)/t14-/m1/s1. The van der Waals surface area contributed by atoms with E-state index in [1.165, 1.54) is 49.8 Å². The number of amides is 1. The third-order valence-corrected chi connectivity index (χ3v) is 5.53. The van der Waals surface area contributed by atoms with E-state index in [0.717, 1.165) is 6.54 Å². The molecule has 3 rings (SSSR count). The van der Waals surface area contributed by atoms with E-state index in [2.05, 4.69) is 27.7 Å². The van der Waals surface area contributed by atoms with Crippen LogP contribution in [0.3, 0.4) is 0 Å². The molecule has 1 saturated heterocycles. The van der Waals surface area contributed by atoms with E-state index < -0.39 is 0 Å². The van der Waals surface area contributed by atoms with Crippen LogP contribution >= 0.6 is 11.3 Å². The second kappa shape index (κ2) is 6.72. The van der Waals surface area contributed by atoms with Crippen LogP contribution in [0.5, 0.6) is 0 Å². The van der Waals surface area contributed by atoms with Crippen LogP contribution in [-0.2, 0) is 4.79 Å². The van der Waals surface area contributed by atoms with Gasteiger partial charge in [0.15, 0.2) is 0 Å². The molecular formula is C16H24N2OS. The van der Waals surface area contributed by atoms with Crippen molar-refractivity contribution < 1.29 is 4.79 Å². The molecule has 0 radical (unpaired) electrons. The lowest BCUT2D eigenvalue weighted by atomic mass is 9.95. The number of hydrogen-bond donors (Lipinski definition) is 1. The molecule has 1 aliphatic carbocycles. The summed E-state index contributed by atoms with van der Waals surface area (Å²) in [7, 11) is 0. The van der Waals surface area contributed by atoms with E-state index in [1.807, 2.05) is 11.3 Å². The zero-order valence-electron chi connectivity index (χ0n) is 12.0. The molecule has 0 unspecified atom stereocenters. The van der Waals surface area contributed by atoms with Gasteiger partial charge in [-0.15, -0.1) is 11.3 Å². The van der Waals surface area contributed by atoms with Crippen LogP contribution in [-0.4, -0.2) is 29.9 Å². The summed E-state index contributed by atoms with van der Waals surface area (Å²) in [5.74, 6) is 0.223. The molecule has 1 aromatic heterocycles. The van der Waals surface area contributed by atoms with Gasteiger partial charge in [-0.1, -0.05) is 25.3 Å². The Balaban J connectivity index is 1.52. The van der Waals surface area contributed by atoms with E-state index in [0.29, 0.717) is 18.6 Å². The Bertz CT molecular complexity index is 426. The largest absolute Gasteiger partial charge is 0.352 e. The lowest BCUT2D eigenvalue weighted by Gasteiger charge is -2.26. The van der Waals surface area contributed by atoms with Crippen molar-refractivity contribution in [2.24, 2.45) is 0 Å². The highest BCUT2D eigenvalue weighted by Crippen LogP contribution is 2.34. The monoisotopic (exact) mass is 292 g/mol. The van der Waals surface area contributed by atoms with E-state index in [9.17, 15) is 4.79 Å². The molecule has 1 atom stereocenters. The summed E-state index contributed by atoms with van der Waals surface area (Å²) in [5, 5.41) is 5.37. The lowest BCUT2D eigenvalue weighted by molar-refractivity contribution is -0.123. The van der Waals surface area contributed by atoms with Crippen molar-refractivity contribution in [2.75, 3.05) is 13.1 Å². The predicted octanol–water partition coefficient (Wildman–Crippen LogP) is 3.33. The summed E-state index contributed by atoms with van der Waals surface area (Å²) in [6, 6.07) is 5.21. The zero-order valence-corrected chi connectivity index (χ0v) is 12.8. The first-order valence-electron chi connectivity index (χ1n) is 7.90. The molecule has 1 N–H and O–H groups in total. The summed E-state index contributed by atoms with van der Waals surface area (Å²) in [4.78, 5) is 16.0. The number of carbonyl (C=O) groups excluding carboxylic acids is 1. The molecule has 1 saturated carbocycles. The van der Waals surface area contributed by atoms with Gasteiger partial charge in [-0.05, 0) is 43.7 Å². The molecule has 4 heteroatoms. The van der Waals surface area contributed by atoms with Gasteiger partial charge in [0.1, 0.15) is 0 Å². The van der Waals surface area contributed by atoms with Crippen LogP contribution in [0, 0.1) is 0 Å². The summed E-state index contributed by atoms with van der Waals surface area (Å²) >= 11 is 1.81. The lowest BCUT2D eigenvalue weighted by Crippen LogP contribution is -2.42. The molecule has 0 aromatic carbocycles. The van der Waals surface area contributed by atoms with Gasteiger partial charge in [0.2, 0.25) is 5.91 Å². The van der Waals surface area contributed by atoms with E-state index in [-0.39, 0.29) is 5.91 Å². The average Bonchev–Trinajstić information content (AvgIpc) is 3.10. The van der Waals surface area contributed by atoms with Crippen molar-refractivity contribution >= 4 is 17.2 Å². The topological polar surface area (TPSA) is 32.3 Å². The van der Waals surface area contributed by atoms with Gasteiger partial charge >= 0.3 is 0 Å². The minimum atomic E-state index is 0.223. The first-order chi connectivity index (χ1) is 9.83. The van der Waals surface area contributed by atoms with Crippen LogP contribution < -0.4 is 5.32 Å². The molecule has 110 valence electrons. The highest BCUT2D eigenvalue weighted by molar-refractivity contribution is 7.10. The highest BCUT2D eigenvalue weighted by Gasteiger charge is 2.28. The van der Waals surface area contributed by atoms with Gasteiger partial charge < -0.3 is 5.32 Å². The first kappa shape index (κ1) is 14.1. The maximum Gasteiger partial charge on any atom is 0.234 e. The quantitative estimate of drug-likeness (QED) is 0.923. The van der Waals surface area contributed by atoms with Gasteiger partial charge in [-0.2, -0.15) is 0 Å². The van der Waals surface area contributed by atoms with Gasteiger partial charge in [0.05, 0.1) is 6.54 Å². The van der Waals surface area contributed by atoms with Crippen molar-refractivity contribution in [3.8, 4) is 0 Å². The summed E-state index contributed by atoms with van der Waals surface area (Å²) in [5.41, 5.74) is 0. The molecular weight excluding hydrogens is 268 g/mol. The molecule has 0 bridgehead atoms. The Morgan fingerprint density at radius 1 is 1.25 bits per heavy atom. The highest BCUT2D eigenvalue weighted by atomic mass is 32.1. The van der Waals surface area contributed by atoms with Gasteiger partial charge in [0.25, 0.3) is 0 Å².